The van der Waals surface area contributed by atoms with E-state index in [4.69, 9.17) is 10.5 Å². The number of ether oxygens (including phenoxy) is 1. The molecule has 2 heterocycles. The van der Waals surface area contributed by atoms with E-state index in [-0.39, 0.29) is 11.7 Å². The lowest BCUT2D eigenvalue weighted by molar-refractivity contribution is -0.915. The molecule has 0 radical (unpaired) electrons. The van der Waals surface area contributed by atoms with Gasteiger partial charge >= 0.3 is 5.88 Å². The first-order valence-corrected chi connectivity index (χ1v) is 10.2. The smallest absolute Gasteiger partial charge is 0.306 e. The third-order valence-electron chi connectivity index (χ3n) is 5.77. The molecule has 0 aliphatic carbocycles. The zero-order valence-electron chi connectivity index (χ0n) is 16.9. The lowest BCUT2D eigenvalue weighted by atomic mass is 9.83. The van der Waals surface area contributed by atoms with E-state index in [0.717, 1.165) is 42.9 Å². The number of nitrogen functional groups attached to an aromatic ring is 1. The van der Waals surface area contributed by atoms with Crippen molar-refractivity contribution < 1.29 is 19.3 Å². The maximum Gasteiger partial charge on any atom is 0.306 e. The molecule has 3 aromatic rings. The van der Waals surface area contributed by atoms with Gasteiger partial charge in [-0.3, -0.25) is 0 Å². The zero-order valence-corrected chi connectivity index (χ0v) is 16.9. The minimum Gasteiger partial charge on any atom is -0.508 e. The molecule has 4 rings (SSSR count). The number of hydrogen-bond donors (Lipinski definition) is 3. The number of likely N-dealkylation sites (N-methyl/N-ethyl adjacent to an activating group) is 1. The summed E-state index contributed by atoms with van der Waals surface area (Å²) in [5, 5.41) is 9.93. The molecule has 0 spiro atoms. The molecule has 1 atom stereocenters. The Labute approximate surface area is 171 Å². The van der Waals surface area contributed by atoms with E-state index in [1.165, 1.54) is 4.90 Å². The average Bonchev–Trinajstić information content (AvgIpc) is 2.75. The van der Waals surface area contributed by atoms with Gasteiger partial charge in [0, 0.05) is 11.6 Å². The summed E-state index contributed by atoms with van der Waals surface area (Å²) in [6, 6.07) is 15.5. The molecular weight excluding hydrogens is 364 g/mol. The SMILES string of the molecule is CC[NH+](CC)CC[n+]1cnc2c(c1N)[C@H](c1ccccc1)c1ccc(O)cc1O2. The first-order chi connectivity index (χ1) is 14.1. The van der Waals surface area contributed by atoms with E-state index in [0.29, 0.717) is 17.4 Å². The van der Waals surface area contributed by atoms with Gasteiger partial charge < -0.3 is 20.5 Å². The number of phenolic OH excluding ortho intramolecular Hbond substituents is 1. The van der Waals surface area contributed by atoms with Gasteiger partial charge in [0.1, 0.15) is 30.2 Å². The van der Waals surface area contributed by atoms with Crippen LogP contribution in [0.1, 0.15) is 36.5 Å². The number of benzene rings is 2. The minimum atomic E-state index is -0.101. The van der Waals surface area contributed by atoms with E-state index in [9.17, 15) is 5.11 Å². The maximum atomic E-state index is 9.93. The van der Waals surface area contributed by atoms with Crippen LogP contribution in [0, 0.1) is 0 Å². The van der Waals surface area contributed by atoms with Crippen LogP contribution in [0.25, 0.3) is 0 Å². The molecule has 0 unspecified atom stereocenters. The number of rotatable bonds is 6. The molecule has 6 heteroatoms. The molecule has 0 fully saturated rings. The van der Waals surface area contributed by atoms with Gasteiger partial charge in [-0.25, -0.2) is 4.57 Å². The summed E-state index contributed by atoms with van der Waals surface area (Å²) >= 11 is 0. The summed E-state index contributed by atoms with van der Waals surface area (Å²) in [6.07, 6.45) is 1.76. The van der Waals surface area contributed by atoms with E-state index in [1.807, 2.05) is 28.8 Å². The van der Waals surface area contributed by atoms with Crippen molar-refractivity contribution in [2.24, 2.45) is 0 Å². The summed E-state index contributed by atoms with van der Waals surface area (Å²) in [5.41, 5.74) is 9.64. The highest BCUT2D eigenvalue weighted by Gasteiger charge is 2.36. The molecule has 0 saturated carbocycles. The Hall–Kier alpha value is -3.12. The van der Waals surface area contributed by atoms with Crippen molar-refractivity contribution in [2.75, 3.05) is 25.4 Å². The molecule has 29 heavy (non-hydrogen) atoms. The normalized spacial score (nSPS) is 14.9. The molecule has 150 valence electrons. The van der Waals surface area contributed by atoms with Gasteiger partial charge in [-0.15, -0.1) is 0 Å². The Morgan fingerprint density at radius 2 is 1.90 bits per heavy atom. The first kappa shape index (κ1) is 19.2. The zero-order chi connectivity index (χ0) is 20.4. The van der Waals surface area contributed by atoms with Gasteiger partial charge in [-0.1, -0.05) is 41.4 Å². The first-order valence-electron chi connectivity index (χ1n) is 10.2. The Morgan fingerprint density at radius 1 is 1.14 bits per heavy atom. The van der Waals surface area contributed by atoms with E-state index in [1.54, 1.807) is 18.5 Å². The molecule has 2 aromatic carbocycles. The number of nitrogens with one attached hydrogen (secondary N) is 1. The van der Waals surface area contributed by atoms with Crippen molar-refractivity contribution in [3.8, 4) is 17.4 Å². The number of nitrogens with two attached hydrogens (primary N) is 1. The van der Waals surface area contributed by atoms with Crippen LogP contribution in [0.3, 0.4) is 0 Å². The average molecular weight is 393 g/mol. The Bertz CT molecular complexity index is 1000. The molecule has 1 aliphatic rings. The third kappa shape index (κ3) is 3.63. The van der Waals surface area contributed by atoms with Crippen LogP contribution in [0.5, 0.6) is 17.4 Å². The maximum absolute atomic E-state index is 9.93. The molecule has 1 aromatic heterocycles. The summed E-state index contributed by atoms with van der Waals surface area (Å²) < 4.78 is 8.07. The van der Waals surface area contributed by atoms with Crippen LogP contribution in [0.15, 0.2) is 54.9 Å². The Kier molecular flexibility index (Phi) is 5.36. The Morgan fingerprint density at radius 3 is 2.62 bits per heavy atom. The largest absolute Gasteiger partial charge is 0.508 e. The number of nitrogens with zero attached hydrogens (tertiary/aromatic N) is 2. The summed E-state index contributed by atoms with van der Waals surface area (Å²) in [5.74, 6) is 1.86. The fourth-order valence-corrected chi connectivity index (χ4v) is 4.03. The van der Waals surface area contributed by atoms with Gasteiger partial charge in [0.2, 0.25) is 12.1 Å². The molecule has 6 nitrogen and oxygen atoms in total. The van der Waals surface area contributed by atoms with Crippen LogP contribution in [0.4, 0.5) is 5.82 Å². The van der Waals surface area contributed by atoms with Crippen LogP contribution in [-0.2, 0) is 6.54 Å². The van der Waals surface area contributed by atoms with Crippen molar-refractivity contribution in [3.05, 3.63) is 71.5 Å². The summed E-state index contributed by atoms with van der Waals surface area (Å²) in [4.78, 5) is 6.10. The minimum absolute atomic E-state index is 0.101. The van der Waals surface area contributed by atoms with Gasteiger partial charge in [-0.2, -0.15) is 0 Å². The topological polar surface area (TPSA) is 76.7 Å². The van der Waals surface area contributed by atoms with Crippen molar-refractivity contribution in [1.82, 2.24) is 4.98 Å². The molecule has 4 N–H and O–H groups in total. The van der Waals surface area contributed by atoms with Crippen LogP contribution in [0.2, 0.25) is 0 Å². The fourth-order valence-electron chi connectivity index (χ4n) is 4.03. The second-order valence-corrected chi connectivity index (χ2v) is 7.42. The molecule has 0 amide bonds. The van der Waals surface area contributed by atoms with Crippen molar-refractivity contribution in [2.45, 2.75) is 26.3 Å². The standard InChI is InChI=1S/C23H26N4O2/c1-3-26(4-2)12-13-27-15-25-23-21(22(27)24)20(16-8-6-5-7-9-16)18-11-10-17(28)14-19(18)29-23/h5-11,14-15,20,24,28H,3-4,12-13H2,1-2H3/p+2/t20-/m1/s1. The number of fused-ring (bicyclic) bond motifs is 2. The van der Waals surface area contributed by atoms with Gasteiger partial charge in [0.15, 0.2) is 0 Å². The highest BCUT2D eigenvalue weighted by Crippen LogP contribution is 2.48. The molecular formula is C23H28N4O2+2. The number of anilines is 1. The number of aromatic nitrogens is 2. The van der Waals surface area contributed by atoms with E-state index < -0.39 is 0 Å². The number of phenols is 1. The fraction of sp³-hybridized carbons (Fsp3) is 0.304. The third-order valence-corrected chi connectivity index (χ3v) is 5.77. The number of hydrogen-bond acceptors (Lipinski definition) is 4. The van der Waals surface area contributed by atoms with Gasteiger partial charge in [0.25, 0.3) is 0 Å². The lowest BCUT2D eigenvalue weighted by Crippen LogP contribution is -3.12. The lowest BCUT2D eigenvalue weighted by Gasteiger charge is -2.27. The Balaban J connectivity index is 1.81. The monoisotopic (exact) mass is 392 g/mol. The summed E-state index contributed by atoms with van der Waals surface area (Å²) in [6.45, 7) is 8.35. The highest BCUT2D eigenvalue weighted by atomic mass is 16.5. The number of quaternary nitrogens is 1. The second kappa shape index (κ2) is 8.09. The molecule has 0 saturated heterocycles. The van der Waals surface area contributed by atoms with Crippen LogP contribution >= 0.6 is 0 Å². The number of aromatic hydroxyl groups is 1. The predicted octanol–water partition coefficient (Wildman–Crippen LogP) is 1.87. The highest BCUT2D eigenvalue weighted by molar-refractivity contribution is 5.62. The van der Waals surface area contributed by atoms with Crippen molar-refractivity contribution in [1.29, 1.82) is 0 Å². The van der Waals surface area contributed by atoms with Gasteiger partial charge in [0.05, 0.1) is 19.0 Å². The molecule has 0 bridgehead atoms. The van der Waals surface area contributed by atoms with Crippen molar-refractivity contribution >= 4 is 5.82 Å². The summed E-state index contributed by atoms with van der Waals surface area (Å²) in [7, 11) is 0. The van der Waals surface area contributed by atoms with Crippen LogP contribution < -0.4 is 19.9 Å². The quantitative estimate of drug-likeness (QED) is 0.438. The molecule has 1 aliphatic heterocycles. The van der Waals surface area contributed by atoms with Gasteiger partial charge in [-0.05, 0) is 25.5 Å². The predicted molar refractivity (Wildman–Crippen MR) is 111 cm³/mol. The van der Waals surface area contributed by atoms with E-state index in [2.05, 4.69) is 31.0 Å². The van der Waals surface area contributed by atoms with Crippen LogP contribution in [-0.4, -0.2) is 29.7 Å². The van der Waals surface area contributed by atoms with E-state index >= 15 is 0 Å². The van der Waals surface area contributed by atoms with Crippen molar-refractivity contribution in [3.63, 3.8) is 0 Å². The second-order valence-electron chi connectivity index (χ2n) is 7.42.